The highest BCUT2D eigenvalue weighted by Gasteiger charge is 2.21. The molecule has 0 aliphatic carbocycles. The molecule has 3 rings (SSSR count). The van der Waals surface area contributed by atoms with E-state index in [9.17, 15) is 4.79 Å². The van der Waals surface area contributed by atoms with Crippen LogP contribution < -0.4 is 5.32 Å². The maximum Gasteiger partial charge on any atom is 0.275 e. The van der Waals surface area contributed by atoms with Gasteiger partial charge in [-0.15, -0.1) is 0 Å². The van der Waals surface area contributed by atoms with Crippen LogP contribution in [0.3, 0.4) is 0 Å². The zero-order valence-electron chi connectivity index (χ0n) is 11.4. The average molecular weight is 388 g/mol. The fraction of sp³-hybridized carbons (Fsp3) is 0.0588. The maximum absolute atomic E-state index is 12.0. The van der Waals surface area contributed by atoms with E-state index in [2.05, 4.69) is 32.9 Å². The molecule has 0 atom stereocenters. The predicted octanol–water partition coefficient (Wildman–Crippen LogP) is 3.52. The number of halogens is 1. The Balaban J connectivity index is 1.96. The Morgan fingerprint density at radius 2 is 1.81 bits per heavy atom. The first-order valence-electron chi connectivity index (χ1n) is 6.57. The van der Waals surface area contributed by atoms with Crippen molar-refractivity contribution >= 4 is 40.4 Å². The number of hydrogen-bond acceptors (Lipinski definition) is 2. The number of benzene rings is 2. The predicted molar refractivity (Wildman–Crippen MR) is 93.0 cm³/mol. The monoisotopic (exact) mass is 388 g/mol. The van der Waals surface area contributed by atoms with Gasteiger partial charge in [0.1, 0.15) is 11.5 Å². The normalized spacial score (nSPS) is 16.0. The van der Waals surface area contributed by atoms with Gasteiger partial charge in [-0.3, -0.25) is 4.79 Å². The Hall–Kier alpha value is -1.95. The summed E-state index contributed by atoms with van der Waals surface area (Å²) in [7, 11) is 0. The van der Waals surface area contributed by atoms with Crippen molar-refractivity contribution in [3.63, 3.8) is 0 Å². The van der Waals surface area contributed by atoms with Crippen LogP contribution in [0.4, 0.5) is 0 Å². The summed E-state index contributed by atoms with van der Waals surface area (Å²) in [6.45, 7) is 2.03. The average Bonchev–Trinajstić information content (AvgIpc) is 2.83. The van der Waals surface area contributed by atoms with Crippen molar-refractivity contribution in [2.75, 3.05) is 0 Å². The van der Waals surface area contributed by atoms with Crippen molar-refractivity contribution in [2.24, 2.45) is 4.99 Å². The summed E-state index contributed by atoms with van der Waals surface area (Å²) >= 11 is 2.25. The minimum Gasteiger partial charge on any atom is -0.305 e. The third-order valence-corrected chi connectivity index (χ3v) is 4.20. The first-order chi connectivity index (χ1) is 10.1. The summed E-state index contributed by atoms with van der Waals surface area (Å²) in [5.41, 5.74) is 3.53. The lowest BCUT2D eigenvalue weighted by Crippen LogP contribution is -2.24. The maximum atomic E-state index is 12.0. The minimum atomic E-state index is -0.162. The highest BCUT2D eigenvalue weighted by atomic mass is 127. The Morgan fingerprint density at radius 1 is 1.10 bits per heavy atom. The highest BCUT2D eigenvalue weighted by molar-refractivity contribution is 14.1. The van der Waals surface area contributed by atoms with Crippen LogP contribution in [0.15, 0.2) is 59.2 Å². The Bertz CT molecular complexity index is 761. The smallest absolute Gasteiger partial charge is 0.275 e. The molecule has 1 heterocycles. The van der Waals surface area contributed by atoms with Gasteiger partial charge in [0, 0.05) is 9.13 Å². The number of rotatable bonds is 2. The number of carbonyl (C=O) groups is 1. The summed E-state index contributed by atoms with van der Waals surface area (Å²) in [6, 6.07) is 15.8. The number of nitrogens with zero attached hydrogens (tertiary/aromatic N) is 1. The molecule has 1 aliphatic rings. The van der Waals surface area contributed by atoms with Gasteiger partial charge in [0.25, 0.3) is 5.91 Å². The molecule has 4 heteroatoms. The first kappa shape index (κ1) is 14.0. The van der Waals surface area contributed by atoms with Gasteiger partial charge in [-0.25, -0.2) is 4.99 Å². The summed E-state index contributed by atoms with van der Waals surface area (Å²) < 4.78 is 1.09. The van der Waals surface area contributed by atoms with Crippen molar-refractivity contribution < 1.29 is 4.79 Å². The van der Waals surface area contributed by atoms with Gasteiger partial charge in [0.2, 0.25) is 0 Å². The zero-order valence-corrected chi connectivity index (χ0v) is 13.6. The quantitative estimate of drug-likeness (QED) is 0.621. The van der Waals surface area contributed by atoms with Gasteiger partial charge >= 0.3 is 0 Å². The molecule has 0 spiro atoms. The fourth-order valence-electron chi connectivity index (χ4n) is 2.06. The Morgan fingerprint density at radius 3 is 2.52 bits per heavy atom. The molecule has 0 aromatic heterocycles. The molecule has 104 valence electrons. The van der Waals surface area contributed by atoms with Gasteiger partial charge in [-0.1, -0.05) is 48.0 Å². The van der Waals surface area contributed by atoms with Crippen molar-refractivity contribution in [1.29, 1.82) is 0 Å². The van der Waals surface area contributed by atoms with Crippen molar-refractivity contribution in [2.45, 2.75) is 6.92 Å². The molecular weight excluding hydrogens is 375 g/mol. The summed E-state index contributed by atoms with van der Waals surface area (Å²) in [5.74, 6) is 0.447. The number of nitrogens with one attached hydrogen (secondary N) is 1. The molecular formula is C17H13IN2O. The number of carbonyl (C=O) groups excluding carboxylic acids is 1. The van der Waals surface area contributed by atoms with Gasteiger partial charge < -0.3 is 5.32 Å². The van der Waals surface area contributed by atoms with Gasteiger partial charge in [-0.2, -0.15) is 0 Å². The summed E-state index contributed by atoms with van der Waals surface area (Å²) in [6.07, 6.45) is 1.82. The second-order valence-electron chi connectivity index (χ2n) is 4.83. The van der Waals surface area contributed by atoms with E-state index in [1.165, 1.54) is 5.56 Å². The second-order valence-corrected chi connectivity index (χ2v) is 5.99. The Labute approximate surface area is 136 Å². The lowest BCUT2D eigenvalue weighted by molar-refractivity contribution is -0.115. The van der Waals surface area contributed by atoms with E-state index < -0.39 is 0 Å². The number of amidine groups is 1. The number of aryl methyl sites for hydroxylation is 1. The molecule has 1 aliphatic heterocycles. The largest absolute Gasteiger partial charge is 0.305 e. The van der Waals surface area contributed by atoms with Crippen LogP contribution in [0.5, 0.6) is 0 Å². The lowest BCUT2D eigenvalue weighted by atomic mass is 10.1. The molecule has 1 N–H and O–H groups in total. The van der Waals surface area contributed by atoms with E-state index in [1.54, 1.807) is 0 Å². The summed E-state index contributed by atoms with van der Waals surface area (Å²) in [4.78, 5) is 16.5. The SMILES string of the molecule is Cc1ccc(C2=N/C(=C\c3ccccc3I)C(=O)N2)cc1. The standard InChI is InChI=1S/C17H13IN2O/c1-11-6-8-12(9-7-11)16-19-15(17(21)20-16)10-13-4-2-3-5-14(13)18/h2-10H,1H3,(H,19,20,21)/b15-10-. The van der Waals surface area contributed by atoms with Crippen LogP contribution >= 0.6 is 22.6 Å². The first-order valence-corrected chi connectivity index (χ1v) is 7.65. The van der Waals surface area contributed by atoms with Crippen LogP contribution in [0.1, 0.15) is 16.7 Å². The lowest BCUT2D eigenvalue weighted by Gasteiger charge is -2.00. The molecule has 3 nitrogen and oxygen atoms in total. The molecule has 0 saturated heterocycles. The fourth-order valence-corrected chi connectivity index (χ4v) is 2.60. The third-order valence-electron chi connectivity index (χ3n) is 3.22. The van der Waals surface area contributed by atoms with Gasteiger partial charge in [-0.05, 0) is 47.2 Å². The van der Waals surface area contributed by atoms with E-state index >= 15 is 0 Å². The van der Waals surface area contributed by atoms with Gasteiger partial charge in [0.05, 0.1) is 0 Å². The molecule has 0 saturated carbocycles. The molecule has 0 fully saturated rings. The second kappa shape index (κ2) is 5.81. The van der Waals surface area contributed by atoms with E-state index in [-0.39, 0.29) is 5.91 Å². The van der Waals surface area contributed by atoms with Crippen LogP contribution in [0.25, 0.3) is 6.08 Å². The van der Waals surface area contributed by atoms with E-state index in [0.717, 1.165) is 14.7 Å². The van der Waals surface area contributed by atoms with E-state index in [1.807, 2.05) is 61.5 Å². The molecule has 0 unspecified atom stereocenters. The van der Waals surface area contributed by atoms with Crippen molar-refractivity contribution in [3.8, 4) is 0 Å². The molecule has 21 heavy (non-hydrogen) atoms. The number of amides is 1. The van der Waals surface area contributed by atoms with Crippen LogP contribution in [-0.2, 0) is 4.79 Å². The molecule has 2 aromatic carbocycles. The zero-order chi connectivity index (χ0) is 14.8. The van der Waals surface area contributed by atoms with Crippen molar-refractivity contribution in [3.05, 3.63) is 74.5 Å². The Kier molecular flexibility index (Phi) is 3.88. The van der Waals surface area contributed by atoms with Gasteiger partial charge in [0.15, 0.2) is 0 Å². The third kappa shape index (κ3) is 3.05. The number of hydrogen-bond donors (Lipinski definition) is 1. The van der Waals surface area contributed by atoms with Crippen LogP contribution in [0, 0.1) is 10.5 Å². The van der Waals surface area contributed by atoms with Crippen LogP contribution in [0.2, 0.25) is 0 Å². The van der Waals surface area contributed by atoms with Crippen LogP contribution in [-0.4, -0.2) is 11.7 Å². The van der Waals surface area contributed by atoms with E-state index in [0.29, 0.717) is 11.5 Å². The number of aliphatic imine (C=N–C) groups is 1. The highest BCUT2D eigenvalue weighted by Crippen LogP contribution is 2.19. The molecule has 0 bridgehead atoms. The summed E-state index contributed by atoms with van der Waals surface area (Å²) in [5, 5.41) is 2.82. The van der Waals surface area contributed by atoms with E-state index in [4.69, 9.17) is 0 Å². The van der Waals surface area contributed by atoms with Crippen molar-refractivity contribution in [1.82, 2.24) is 5.32 Å². The topological polar surface area (TPSA) is 41.5 Å². The molecule has 2 aromatic rings. The molecule has 1 amide bonds. The minimum absolute atomic E-state index is 0.162. The molecule has 0 radical (unpaired) electrons.